The van der Waals surface area contributed by atoms with Crippen molar-refractivity contribution in [2.45, 2.75) is 30.4 Å². The van der Waals surface area contributed by atoms with Crippen LogP contribution < -0.4 is 0 Å². The smallest absolute Gasteiger partial charge is 0.131 e. The first-order valence-corrected chi connectivity index (χ1v) is 7.31. The number of hydrogen-bond donors (Lipinski definition) is 0. The van der Waals surface area contributed by atoms with E-state index in [0.29, 0.717) is 6.42 Å². The van der Waals surface area contributed by atoms with Crippen molar-refractivity contribution in [2.24, 2.45) is 0 Å². The van der Waals surface area contributed by atoms with Crippen LogP contribution in [0.5, 0.6) is 0 Å². The van der Waals surface area contributed by atoms with Gasteiger partial charge in [-0.25, -0.2) is 0 Å². The van der Waals surface area contributed by atoms with E-state index in [0.717, 1.165) is 0 Å². The minimum atomic E-state index is 0.196. The standard InChI is InChI=1S/C17H18OS/c1-13-8-10-16(11-9-13)19-17(12-14(2)18)15-6-4-3-5-7-15/h3-11,17H,12H2,1-2H3/t17-/m1/s1. The number of hydrogen-bond acceptors (Lipinski definition) is 2. The minimum Gasteiger partial charge on any atom is -0.300 e. The molecule has 0 N–H and O–H groups in total. The van der Waals surface area contributed by atoms with E-state index in [-0.39, 0.29) is 11.0 Å². The zero-order valence-electron chi connectivity index (χ0n) is 11.3. The molecule has 2 aromatic rings. The van der Waals surface area contributed by atoms with E-state index in [1.54, 1.807) is 18.7 Å². The summed E-state index contributed by atoms with van der Waals surface area (Å²) in [6.07, 6.45) is 0.572. The summed E-state index contributed by atoms with van der Waals surface area (Å²) in [5.74, 6) is 0.230. The third-order valence-electron chi connectivity index (χ3n) is 2.94. The van der Waals surface area contributed by atoms with Crippen LogP contribution in [0.25, 0.3) is 0 Å². The number of carbonyl (C=O) groups excluding carboxylic acids is 1. The molecule has 1 nitrogen and oxygen atoms in total. The van der Waals surface area contributed by atoms with Gasteiger partial charge < -0.3 is 0 Å². The van der Waals surface area contributed by atoms with Crippen molar-refractivity contribution < 1.29 is 4.79 Å². The molecule has 1 atom stereocenters. The Kier molecular flexibility index (Phi) is 4.80. The number of aryl methyl sites for hydroxylation is 1. The lowest BCUT2D eigenvalue weighted by atomic mass is 10.1. The van der Waals surface area contributed by atoms with Crippen molar-refractivity contribution in [3.8, 4) is 0 Å². The summed E-state index contributed by atoms with van der Waals surface area (Å²) in [7, 11) is 0. The Morgan fingerprint density at radius 1 is 1.05 bits per heavy atom. The van der Waals surface area contributed by atoms with E-state index in [1.165, 1.54) is 16.0 Å². The Morgan fingerprint density at radius 3 is 2.26 bits per heavy atom. The minimum absolute atomic E-state index is 0.196. The fraction of sp³-hybridized carbons (Fsp3) is 0.235. The topological polar surface area (TPSA) is 17.1 Å². The van der Waals surface area contributed by atoms with Crippen molar-refractivity contribution in [1.82, 2.24) is 0 Å². The van der Waals surface area contributed by atoms with Crippen molar-refractivity contribution in [1.29, 1.82) is 0 Å². The molecule has 98 valence electrons. The molecule has 2 rings (SSSR count). The van der Waals surface area contributed by atoms with Gasteiger partial charge in [0.1, 0.15) is 5.78 Å². The van der Waals surface area contributed by atoms with Crippen molar-refractivity contribution in [3.63, 3.8) is 0 Å². The Hall–Kier alpha value is -1.54. The molecule has 19 heavy (non-hydrogen) atoms. The number of thioether (sulfide) groups is 1. The number of benzene rings is 2. The summed E-state index contributed by atoms with van der Waals surface area (Å²) >= 11 is 1.76. The predicted molar refractivity (Wildman–Crippen MR) is 81.5 cm³/mol. The Labute approximate surface area is 119 Å². The van der Waals surface area contributed by atoms with Gasteiger partial charge in [0.2, 0.25) is 0 Å². The van der Waals surface area contributed by atoms with Gasteiger partial charge in [-0.05, 0) is 31.5 Å². The van der Waals surface area contributed by atoms with Crippen LogP contribution in [0.2, 0.25) is 0 Å². The molecule has 2 heteroatoms. The van der Waals surface area contributed by atoms with E-state index >= 15 is 0 Å². The van der Waals surface area contributed by atoms with Crippen LogP contribution in [0.15, 0.2) is 59.5 Å². The fourth-order valence-electron chi connectivity index (χ4n) is 1.94. The molecule has 0 radical (unpaired) electrons. The zero-order valence-corrected chi connectivity index (χ0v) is 12.1. The summed E-state index contributed by atoms with van der Waals surface area (Å²) in [4.78, 5) is 12.7. The fourth-order valence-corrected chi connectivity index (χ4v) is 3.17. The molecule has 0 unspecified atom stereocenters. The maximum absolute atomic E-state index is 11.5. The summed E-state index contributed by atoms with van der Waals surface area (Å²) in [5.41, 5.74) is 2.47. The largest absolute Gasteiger partial charge is 0.300 e. The zero-order chi connectivity index (χ0) is 13.7. The van der Waals surface area contributed by atoms with Crippen LogP contribution in [0.1, 0.15) is 29.7 Å². The van der Waals surface area contributed by atoms with Gasteiger partial charge >= 0.3 is 0 Å². The second kappa shape index (κ2) is 6.58. The van der Waals surface area contributed by atoms with Crippen molar-refractivity contribution in [3.05, 3.63) is 65.7 Å². The summed E-state index contributed by atoms with van der Waals surface area (Å²) in [6, 6.07) is 18.7. The van der Waals surface area contributed by atoms with Gasteiger partial charge in [0, 0.05) is 16.6 Å². The molecular formula is C17H18OS. The summed E-state index contributed by atoms with van der Waals surface area (Å²) in [5, 5.41) is 0.196. The Morgan fingerprint density at radius 2 is 1.68 bits per heavy atom. The number of carbonyl (C=O) groups is 1. The molecular weight excluding hydrogens is 252 g/mol. The SMILES string of the molecule is CC(=O)C[C@@H](Sc1ccc(C)cc1)c1ccccc1. The normalized spacial score (nSPS) is 12.1. The highest BCUT2D eigenvalue weighted by molar-refractivity contribution is 7.99. The first-order chi connectivity index (χ1) is 9.15. The summed E-state index contributed by atoms with van der Waals surface area (Å²) in [6.45, 7) is 3.74. The van der Waals surface area contributed by atoms with E-state index in [1.807, 2.05) is 18.2 Å². The lowest BCUT2D eigenvalue weighted by Gasteiger charge is -2.15. The molecule has 2 aromatic carbocycles. The van der Waals surface area contributed by atoms with Gasteiger partial charge in [-0.15, -0.1) is 11.8 Å². The van der Waals surface area contributed by atoms with Gasteiger partial charge in [0.15, 0.2) is 0 Å². The van der Waals surface area contributed by atoms with Gasteiger partial charge in [0.05, 0.1) is 0 Å². The maximum atomic E-state index is 11.5. The molecule has 0 aliphatic carbocycles. The molecule has 0 saturated carbocycles. The van der Waals surface area contributed by atoms with Crippen LogP contribution in [-0.4, -0.2) is 5.78 Å². The monoisotopic (exact) mass is 270 g/mol. The Balaban J connectivity index is 2.19. The highest BCUT2D eigenvalue weighted by Crippen LogP contribution is 2.37. The molecule has 0 aliphatic rings. The van der Waals surface area contributed by atoms with Gasteiger partial charge in [-0.3, -0.25) is 4.79 Å². The van der Waals surface area contributed by atoms with Gasteiger partial charge in [-0.1, -0.05) is 48.0 Å². The van der Waals surface area contributed by atoms with Crippen molar-refractivity contribution >= 4 is 17.5 Å². The van der Waals surface area contributed by atoms with Crippen LogP contribution in [0.3, 0.4) is 0 Å². The lowest BCUT2D eigenvalue weighted by molar-refractivity contribution is -0.117. The molecule has 0 aliphatic heterocycles. The molecule has 0 heterocycles. The van der Waals surface area contributed by atoms with Crippen LogP contribution in [0.4, 0.5) is 0 Å². The first kappa shape index (κ1) is 13.9. The average molecular weight is 270 g/mol. The quantitative estimate of drug-likeness (QED) is 0.725. The first-order valence-electron chi connectivity index (χ1n) is 6.43. The highest BCUT2D eigenvalue weighted by atomic mass is 32.2. The van der Waals surface area contributed by atoms with E-state index in [2.05, 4.69) is 43.3 Å². The van der Waals surface area contributed by atoms with Crippen LogP contribution in [-0.2, 0) is 4.79 Å². The highest BCUT2D eigenvalue weighted by Gasteiger charge is 2.15. The molecule has 0 fully saturated rings. The third kappa shape index (κ3) is 4.25. The third-order valence-corrected chi connectivity index (χ3v) is 4.21. The number of ketones is 1. The summed E-state index contributed by atoms with van der Waals surface area (Å²) < 4.78 is 0. The molecule has 0 amide bonds. The second-order valence-corrected chi connectivity index (χ2v) is 6.01. The van der Waals surface area contributed by atoms with Crippen LogP contribution >= 0.6 is 11.8 Å². The van der Waals surface area contributed by atoms with E-state index in [9.17, 15) is 4.79 Å². The van der Waals surface area contributed by atoms with E-state index in [4.69, 9.17) is 0 Å². The van der Waals surface area contributed by atoms with E-state index < -0.39 is 0 Å². The molecule has 0 saturated heterocycles. The average Bonchev–Trinajstić information content (AvgIpc) is 2.41. The molecule has 0 bridgehead atoms. The Bertz CT molecular complexity index is 531. The predicted octanol–water partition coefficient (Wildman–Crippen LogP) is 4.81. The van der Waals surface area contributed by atoms with Crippen molar-refractivity contribution in [2.75, 3.05) is 0 Å². The van der Waals surface area contributed by atoms with Gasteiger partial charge in [0.25, 0.3) is 0 Å². The van der Waals surface area contributed by atoms with Gasteiger partial charge in [-0.2, -0.15) is 0 Å². The molecule has 0 aromatic heterocycles. The second-order valence-electron chi connectivity index (χ2n) is 4.74. The number of Topliss-reactive ketones (excluding diaryl/α,β-unsaturated/α-hetero) is 1. The lowest BCUT2D eigenvalue weighted by Crippen LogP contribution is -2.00. The molecule has 0 spiro atoms. The maximum Gasteiger partial charge on any atom is 0.131 e. The van der Waals surface area contributed by atoms with Crippen LogP contribution in [0, 0.1) is 6.92 Å². The number of rotatable bonds is 5.